The van der Waals surface area contributed by atoms with E-state index in [0.717, 1.165) is 38.0 Å². The molecule has 21 heavy (non-hydrogen) atoms. The molecule has 1 saturated heterocycles. The average Bonchev–Trinajstić information content (AvgIpc) is 2.47. The lowest BCUT2D eigenvalue weighted by Gasteiger charge is -2.32. The molecule has 0 saturated carbocycles. The fraction of sp³-hybridized carbons (Fsp3) is 0.600. The highest BCUT2D eigenvalue weighted by atomic mass is 32.2. The number of nitrogens with one attached hydrogen (secondary N) is 1. The molecule has 1 aromatic rings. The van der Waals surface area contributed by atoms with Crippen molar-refractivity contribution in [2.75, 3.05) is 19.6 Å². The van der Waals surface area contributed by atoms with Crippen LogP contribution >= 0.6 is 0 Å². The number of benzene rings is 1. The van der Waals surface area contributed by atoms with Gasteiger partial charge >= 0.3 is 0 Å². The first-order valence-corrected chi connectivity index (χ1v) is 9.01. The number of nitrogens with two attached hydrogens (primary N) is 1. The zero-order chi connectivity index (χ0) is 15.5. The maximum atomic E-state index is 12.5. The summed E-state index contributed by atoms with van der Waals surface area (Å²) in [5.41, 5.74) is 6.65. The molecule has 1 aromatic carbocycles. The van der Waals surface area contributed by atoms with E-state index in [2.05, 4.69) is 16.5 Å². The van der Waals surface area contributed by atoms with Crippen molar-refractivity contribution < 1.29 is 8.42 Å². The Morgan fingerprint density at radius 1 is 1.48 bits per heavy atom. The van der Waals surface area contributed by atoms with Gasteiger partial charge < -0.3 is 10.6 Å². The summed E-state index contributed by atoms with van der Waals surface area (Å²) in [4.78, 5) is 2.57. The van der Waals surface area contributed by atoms with Crippen molar-refractivity contribution in [2.45, 2.75) is 43.7 Å². The molecule has 118 valence electrons. The summed E-state index contributed by atoms with van der Waals surface area (Å²) in [6, 6.07) is 6.69. The summed E-state index contributed by atoms with van der Waals surface area (Å²) >= 11 is 0. The molecule has 1 heterocycles. The molecule has 6 heteroatoms. The number of likely N-dealkylation sites (tertiary alicyclic amines) is 1. The van der Waals surface area contributed by atoms with E-state index >= 15 is 0 Å². The van der Waals surface area contributed by atoms with Crippen molar-refractivity contribution in [1.82, 2.24) is 9.62 Å². The first-order chi connectivity index (χ1) is 9.92. The van der Waals surface area contributed by atoms with Gasteiger partial charge in [0.05, 0.1) is 4.90 Å². The Bertz CT molecular complexity index is 572. The van der Waals surface area contributed by atoms with E-state index in [1.54, 1.807) is 18.2 Å². The van der Waals surface area contributed by atoms with Gasteiger partial charge in [-0.3, -0.25) is 0 Å². The number of sulfonamides is 1. The van der Waals surface area contributed by atoms with Crippen LogP contribution in [-0.4, -0.2) is 39.0 Å². The predicted molar refractivity (Wildman–Crippen MR) is 84.5 cm³/mol. The lowest BCUT2D eigenvalue weighted by Crippen LogP contribution is -2.47. The van der Waals surface area contributed by atoms with E-state index in [0.29, 0.717) is 4.90 Å². The van der Waals surface area contributed by atoms with Gasteiger partial charge in [0, 0.05) is 18.6 Å². The highest BCUT2D eigenvalue weighted by Crippen LogP contribution is 2.18. The fourth-order valence-electron chi connectivity index (χ4n) is 2.69. The van der Waals surface area contributed by atoms with Crippen LogP contribution in [0.25, 0.3) is 0 Å². The van der Waals surface area contributed by atoms with Crippen LogP contribution < -0.4 is 10.5 Å². The van der Waals surface area contributed by atoms with Crippen molar-refractivity contribution in [1.29, 1.82) is 0 Å². The molecule has 5 nitrogen and oxygen atoms in total. The van der Waals surface area contributed by atoms with Crippen LogP contribution in [0.1, 0.15) is 38.3 Å². The molecule has 2 unspecified atom stereocenters. The van der Waals surface area contributed by atoms with E-state index in [1.807, 2.05) is 13.0 Å². The van der Waals surface area contributed by atoms with Crippen LogP contribution in [0.5, 0.6) is 0 Å². The van der Waals surface area contributed by atoms with Crippen molar-refractivity contribution in [2.24, 2.45) is 5.73 Å². The quantitative estimate of drug-likeness (QED) is 0.863. The second-order valence-corrected chi connectivity index (χ2v) is 7.43. The zero-order valence-corrected chi connectivity index (χ0v) is 13.6. The third kappa shape index (κ3) is 4.26. The Balaban J connectivity index is 2.13. The first kappa shape index (κ1) is 16.4. The van der Waals surface area contributed by atoms with E-state index in [9.17, 15) is 8.42 Å². The second kappa shape index (κ2) is 6.87. The van der Waals surface area contributed by atoms with Gasteiger partial charge in [0.25, 0.3) is 0 Å². The monoisotopic (exact) mass is 311 g/mol. The van der Waals surface area contributed by atoms with E-state index in [4.69, 9.17) is 5.73 Å². The van der Waals surface area contributed by atoms with Crippen molar-refractivity contribution in [3.8, 4) is 0 Å². The lowest BCUT2D eigenvalue weighted by atomic mass is 10.1. The number of hydrogen-bond donors (Lipinski definition) is 2. The maximum absolute atomic E-state index is 12.5. The summed E-state index contributed by atoms with van der Waals surface area (Å²) in [6.07, 6.45) is 1.92. The highest BCUT2D eigenvalue weighted by molar-refractivity contribution is 7.89. The van der Waals surface area contributed by atoms with Crippen LogP contribution in [0.2, 0.25) is 0 Å². The highest BCUT2D eigenvalue weighted by Gasteiger charge is 2.24. The number of rotatable bonds is 5. The van der Waals surface area contributed by atoms with Gasteiger partial charge in [-0.15, -0.1) is 0 Å². The molecule has 0 bridgehead atoms. The molecule has 0 radical (unpaired) electrons. The number of likely N-dealkylation sites (N-methyl/N-ethyl adjacent to an activating group) is 1. The number of piperidine rings is 1. The molecule has 2 atom stereocenters. The average molecular weight is 311 g/mol. The Labute approximate surface area is 127 Å². The third-order valence-corrected chi connectivity index (χ3v) is 5.49. The molecule has 3 N–H and O–H groups in total. The normalized spacial score (nSPS) is 22.1. The van der Waals surface area contributed by atoms with Gasteiger partial charge in [0.1, 0.15) is 0 Å². The van der Waals surface area contributed by atoms with Crippen LogP contribution in [0.15, 0.2) is 29.2 Å². The second-order valence-electron chi connectivity index (χ2n) is 5.71. The molecule has 0 amide bonds. The Hall–Kier alpha value is -0.950. The minimum absolute atomic E-state index is 0.0114. The molecule has 0 aromatic heterocycles. The predicted octanol–water partition coefficient (Wildman–Crippen LogP) is 1.47. The maximum Gasteiger partial charge on any atom is 0.240 e. The minimum Gasteiger partial charge on any atom is -0.324 e. The molecule has 0 spiro atoms. The van der Waals surface area contributed by atoms with Gasteiger partial charge in [-0.05, 0) is 50.6 Å². The SMILES string of the molecule is CCN1CCCC(NS(=O)(=O)c2cccc(C(C)N)c2)C1. The van der Waals surface area contributed by atoms with Gasteiger partial charge in [-0.1, -0.05) is 19.1 Å². The van der Waals surface area contributed by atoms with Gasteiger partial charge in [-0.2, -0.15) is 0 Å². The van der Waals surface area contributed by atoms with Crippen LogP contribution in [0.4, 0.5) is 0 Å². The summed E-state index contributed by atoms with van der Waals surface area (Å²) in [5.74, 6) is 0. The standard InChI is InChI=1S/C15H25N3O2S/c1-3-18-9-5-7-14(11-18)17-21(19,20)15-8-4-6-13(10-15)12(2)16/h4,6,8,10,12,14,17H,3,5,7,9,11,16H2,1-2H3. The van der Waals surface area contributed by atoms with E-state index in [-0.39, 0.29) is 12.1 Å². The van der Waals surface area contributed by atoms with Crippen LogP contribution in [0.3, 0.4) is 0 Å². The summed E-state index contributed by atoms with van der Waals surface area (Å²) in [5, 5.41) is 0. The Kier molecular flexibility index (Phi) is 5.37. The first-order valence-electron chi connectivity index (χ1n) is 7.52. The molecular weight excluding hydrogens is 286 g/mol. The Morgan fingerprint density at radius 3 is 2.90 bits per heavy atom. The smallest absolute Gasteiger partial charge is 0.240 e. The summed E-state index contributed by atoms with van der Waals surface area (Å²) in [7, 11) is -3.48. The van der Waals surface area contributed by atoms with E-state index in [1.165, 1.54) is 0 Å². The lowest BCUT2D eigenvalue weighted by molar-refractivity contribution is 0.211. The van der Waals surface area contributed by atoms with E-state index < -0.39 is 10.0 Å². The molecule has 0 aliphatic carbocycles. The largest absolute Gasteiger partial charge is 0.324 e. The topological polar surface area (TPSA) is 75.4 Å². The number of hydrogen-bond acceptors (Lipinski definition) is 4. The third-order valence-electron chi connectivity index (χ3n) is 3.97. The van der Waals surface area contributed by atoms with Crippen LogP contribution in [0, 0.1) is 0 Å². The summed E-state index contributed by atoms with van der Waals surface area (Å²) < 4.78 is 27.8. The molecule has 2 rings (SSSR count). The molecule has 1 aliphatic rings. The van der Waals surface area contributed by atoms with Crippen molar-refractivity contribution in [3.63, 3.8) is 0 Å². The van der Waals surface area contributed by atoms with Crippen molar-refractivity contribution in [3.05, 3.63) is 29.8 Å². The molecule has 1 aliphatic heterocycles. The summed E-state index contributed by atoms with van der Waals surface area (Å²) in [6.45, 7) is 6.73. The minimum atomic E-state index is -3.48. The van der Waals surface area contributed by atoms with Gasteiger partial charge in [0.2, 0.25) is 10.0 Å². The molecular formula is C15H25N3O2S. The number of nitrogens with zero attached hydrogens (tertiary/aromatic N) is 1. The fourth-order valence-corrected chi connectivity index (χ4v) is 4.01. The van der Waals surface area contributed by atoms with Gasteiger partial charge in [-0.25, -0.2) is 13.1 Å². The molecule has 1 fully saturated rings. The van der Waals surface area contributed by atoms with Gasteiger partial charge in [0.15, 0.2) is 0 Å². The Morgan fingerprint density at radius 2 is 2.24 bits per heavy atom. The zero-order valence-electron chi connectivity index (χ0n) is 12.7. The van der Waals surface area contributed by atoms with Crippen LogP contribution in [-0.2, 0) is 10.0 Å². The van der Waals surface area contributed by atoms with Crippen molar-refractivity contribution >= 4 is 10.0 Å².